The van der Waals surface area contributed by atoms with Crippen LogP contribution in [0.2, 0.25) is 0 Å². The first-order valence-electron chi connectivity index (χ1n) is 5.11. The molecule has 1 aromatic rings. The molecule has 0 radical (unpaired) electrons. The van der Waals surface area contributed by atoms with E-state index in [4.69, 9.17) is 0 Å². The van der Waals surface area contributed by atoms with Crippen molar-refractivity contribution in [2.24, 2.45) is 5.92 Å². The van der Waals surface area contributed by atoms with Crippen LogP contribution in [-0.2, 0) is 11.2 Å². The largest absolute Gasteiger partial charge is 0.356 e. The summed E-state index contributed by atoms with van der Waals surface area (Å²) in [6.07, 6.45) is 0.663. The number of rotatable bonds is 4. The number of benzene rings is 1. The van der Waals surface area contributed by atoms with E-state index in [0.717, 1.165) is 5.56 Å². The lowest BCUT2D eigenvalue weighted by atomic mass is 10.1. The number of carbonyl (C=O) groups excluding carboxylic acids is 1. The number of amides is 1. The third-order valence-corrected chi connectivity index (χ3v) is 2.13. The maximum atomic E-state index is 12.8. The third kappa shape index (κ3) is 4.11. The number of halogens is 1. The summed E-state index contributed by atoms with van der Waals surface area (Å²) in [4.78, 5) is 11.2. The van der Waals surface area contributed by atoms with Crippen LogP contribution in [0.5, 0.6) is 0 Å². The second-order valence-electron chi connectivity index (χ2n) is 3.83. The van der Waals surface area contributed by atoms with Gasteiger partial charge in [0.15, 0.2) is 0 Å². The monoisotopic (exact) mass is 209 g/mol. The summed E-state index contributed by atoms with van der Waals surface area (Å²) in [7, 11) is 0. The molecule has 0 unspecified atom stereocenters. The zero-order valence-electron chi connectivity index (χ0n) is 9.09. The molecule has 15 heavy (non-hydrogen) atoms. The van der Waals surface area contributed by atoms with E-state index in [1.54, 1.807) is 6.07 Å². The molecule has 0 atom stereocenters. The Bertz CT molecular complexity index is 336. The Morgan fingerprint density at radius 2 is 2.20 bits per heavy atom. The van der Waals surface area contributed by atoms with Crippen molar-refractivity contribution in [3.63, 3.8) is 0 Å². The molecule has 1 rings (SSSR count). The fraction of sp³-hybridized carbons (Fsp3) is 0.417. The van der Waals surface area contributed by atoms with Crippen LogP contribution in [0.3, 0.4) is 0 Å². The van der Waals surface area contributed by atoms with Crippen molar-refractivity contribution in [1.29, 1.82) is 0 Å². The summed E-state index contributed by atoms with van der Waals surface area (Å²) in [5, 5.41) is 2.79. The normalized spacial score (nSPS) is 10.4. The fourth-order valence-corrected chi connectivity index (χ4v) is 1.23. The summed E-state index contributed by atoms with van der Waals surface area (Å²) >= 11 is 0. The van der Waals surface area contributed by atoms with Crippen LogP contribution in [0.15, 0.2) is 24.3 Å². The van der Waals surface area contributed by atoms with Gasteiger partial charge in [-0.3, -0.25) is 4.79 Å². The third-order valence-electron chi connectivity index (χ3n) is 2.13. The fourth-order valence-electron chi connectivity index (χ4n) is 1.23. The van der Waals surface area contributed by atoms with E-state index in [1.165, 1.54) is 12.1 Å². The van der Waals surface area contributed by atoms with Crippen molar-refractivity contribution in [2.75, 3.05) is 6.54 Å². The Kier molecular flexibility index (Phi) is 4.28. The zero-order chi connectivity index (χ0) is 11.3. The highest BCUT2D eigenvalue weighted by Crippen LogP contribution is 2.03. The van der Waals surface area contributed by atoms with Crippen LogP contribution in [0, 0.1) is 11.7 Å². The Hall–Kier alpha value is -1.38. The molecule has 2 nitrogen and oxygen atoms in total. The lowest BCUT2D eigenvalue weighted by molar-refractivity contribution is -0.123. The SMILES string of the molecule is CC(C)C(=O)NCCc1cccc(F)c1. The lowest BCUT2D eigenvalue weighted by Crippen LogP contribution is -2.29. The molecular weight excluding hydrogens is 193 g/mol. The minimum absolute atomic E-state index is 0.00231. The van der Waals surface area contributed by atoms with E-state index in [1.807, 2.05) is 19.9 Å². The van der Waals surface area contributed by atoms with Crippen molar-refractivity contribution < 1.29 is 9.18 Å². The average molecular weight is 209 g/mol. The van der Waals surface area contributed by atoms with Crippen molar-refractivity contribution in [1.82, 2.24) is 5.32 Å². The van der Waals surface area contributed by atoms with Crippen molar-refractivity contribution in [2.45, 2.75) is 20.3 Å². The van der Waals surface area contributed by atoms with Crippen LogP contribution >= 0.6 is 0 Å². The molecule has 82 valence electrons. The average Bonchev–Trinajstić information content (AvgIpc) is 2.17. The van der Waals surface area contributed by atoms with Gasteiger partial charge < -0.3 is 5.32 Å². The van der Waals surface area contributed by atoms with Gasteiger partial charge in [-0.1, -0.05) is 26.0 Å². The standard InChI is InChI=1S/C12H16FNO/c1-9(2)12(15)14-7-6-10-4-3-5-11(13)8-10/h3-5,8-9H,6-7H2,1-2H3,(H,14,15). The van der Waals surface area contributed by atoms with Gasteiger partial charge in [0.05, 0.1) is 0 Å². The highest BCUT2D eigenvalue weighted by Gasteiger charge is 2.05. The summed E-state index contributed by atoms with van der Waals surface area (Å²) in [6, 6.07) is 6.43. The van der Waals surface area contributed by atoms with E-state index in [2.05, 4.69) is 5.32 Å². The number of carbonyl (C=O) groups is 1. The lowest BCUT2D eigenvalue weighted by Gasteiger charge is -2.07. The van der Waals surface area contributed by atoms with Gasteiger partial charge in [0.25, 0.3) is 0 Å². The summed E-state index contributed by atoms with van der Waals surface area (Å²) < 4.78 is 12.8. The molecule has 0 spiro atoms. The van der Waals surface area contributed by atoms with Crippen LogP contribution in [0.25, 0.3) is 0 Å². The Morgan fingerprint density at radius 1 is 1.47 bits per heavy atom. The van der Waals surface area contributed by atoms with Crippen LogP contribution < -0.4 is 5.32 Å². The Balaban J connectivity index is 2.35. The van der Waals surface area contributed by atoms with Gasteiger partial charge in [-0.2, -0.15) is 0 Å². The molecule has 1 N–H and O–H groups in total. The number of hydrogen-bond acceptors (Lipinski definition) is 1. The molecule has 1 amide bonds. The second kappa shape index (κ2) is 5.49. The van der Waals surface area contributed by atoms with E-state index in [9.17, 15) is 9.18 Å². The molecule has 0 saturated heterocycles. The van der Waals surface area contributed by atoms with Crippen LogP contribution in [0.4, 0.5) is 4.39 Å². The molecule has 0 fully saturated rings. The van der Waals surface area contributed by atoms with Crippen LogP contribution in [-0.4, -0.2) is 12.5 Å². The number of nitrogens with one attached hydrogen (secondary N) is 1. The molecule has 0 saturated carbocycles. The van der Waals surface area contributed by atoms with E-state index in [-0.39, 0.29) is 17.6 Å². The first-order chi connectivity index (χ1) is 7.09. The predicted molar refractivity (Wildman–Crippen MR) is 58.0 cm³/mol. The molecule has 0 bridgehead atoms. The van der Waals surface area contributed by atoms with E-state index in [0.29, 0.717) is 13.0 Å². The van der Waals surface area contributed by atoms with Crippen molar-refractivity contribution in [3.8, 4) is 0 Å². The van der Waals surface area contributed by atoms with Gasteiger partial charge in [-0.15, -0.1) is 0 Å². The molecule has 0 aromatic heterocycles. The van der Waals surface area contributed by atoms with Crippen LogP contribution in [0.1, 0.15) is 19.4 Å². The molecule has 0 aliphatic rings. The predicted octanol–water partition coefficient (Wildman–Crippen LogP) is 2.14. The molecule has 0 aliphatic carbocycles. The Morgan fingerprint density at radius 3 is 2.80 bits per heavy atom. The first-order valence-corrected chi connectivity index (χ1v) is 5.11. The second-order valence-corrected chi connectivity index (χ2v) is 3.83. The van der Waals surface area contributed by atoms with Gasteiger partial charge in [0.1, 0.15) is 5.82 Å². The molecule has 3 heteroatoms. The number of hydrogen-bond donors (Lipinski definition) is 1. The summed E-state index contributed by atoms with van der Waals surface area (Å²) in [5.41, 5.74) is 0.902. The smallest absolute Gasteiger partial charge is 0.222 e. The molecular formula is C12H16FNO. The van der Waals surface area contributed by atoms with Crippen molar-refractivity contribution >= 4 is 5.91 Å². The quantitative estimate of drug-likeness (QED) is 0.808. The molecule has 0 aliphatic heterocycles. The van der Waals surface area contributed by atoms with Gasteiger partial charge in [0.2, 0.25) is 5.91 Å². The minimum atomic E-state index is -0.234. The first kappa shape index (κ1) is 11.7. The van der Waals surface area contributed by atoms with Gasteiger partial charge in [0, 0.05) is 12.5 Å². The summed E-state index contributed by atoms with van der Waals surface area (Å²) in [5.74, 6) is -0.202. The highest BCUT2D eigenvalue weighted by atomic mass is 19.1. The maximum Gasteiger partial charge on any atom is 0.222 e. The molecule has 0 heterocycles. The zero-order valence-corrected chi connectivity index (χ0v) is 9.09. The van der Waals surface area contributed by atoms with E-state index >= 15 is 0 Å². The topological polar surface area (TPSA) is 29.1 Å². The molecule has 1 aromatic carbocycles. The minimum Gasteiger partial charge on any atom is -0.356 e. The van der Waals surface area contributed by atoms with Gasteiger partial charge in [-0.25, -0.2) is 4.39 Å². The van der Waals surface area contributed by atoms with Crippen molar-refractivity contribution in [3.05, 3.63) is 35.6 Å². The summed E-state index contributed by atoms with van der Waals surface area (Å²) in [6.45, 7) is 4.25. The van der Waals surface area contributed by atoms with Gasteiger partial charge >= 0.3 is 0 Å². The maximum absolute atomic E-state index is 12.8. The van der Waals surface area contributed by atoms with E-state index < -0.39 is 0 Å². The Labute approximate surface area is 89.5 Å². The van der Waals surface area contributed by atoms with Gasteiger partial charge in [-0.05, 0) is 24.1 Å². The highest BCUT2D eigenvalue weighted by molar-refractivity contribution is 5.77.